The number of halogens is 4. The van der Waals surface area contributed by atoms with Crippen molar-refractivity contribution in [2.24, 2.45) is 0 Å². The van der Waals surface area contributed by atoms with Crippen molar-refractivity contribution < 1.29 is 31.2 Å². The summed E-state index contributed by atoms with van der Waals surface area (Å²) in [6.45, 7) is 4.39. The fourth-order valence-corrected chi connectivity index (χ4v) is 5.74. The number of benzene rings is 3. The van der Waals surface area contributed by atoms with Crippen molar-refractivity contribution in [3.63, 3.8) is 0 Å². The lowest BCUT2D eigenvalue weighted by Gasteiger charge is -2.32. The first-order valence-electron chi connectivity index (χ1n) is 12.3. The highest BCUT2D eigenvalue weighted by atomic mass is 35.5. The number of carbonyl (C=O) groups excluding carboxylic acids is 2. The maximum Gasteiger partial charge on any atom is 0.416 e. The van der Waals surface area contributed by atoms with Gasteiger partial charge in [-0.2, -0.15) is 13.2 Å². The summed E-state index contributed by atoms with van der Waals surface area (Å²) >= 11 is 6.24. The number of likely N-dealkylation sites (N-methyl/N-ethyl adjacent to an activating group) is 1. The fourth-order valence-electron chi connectivity index (χ4n) is 4.02. The average molecular weight is 596 g/mol. The molecule has 0 spiro atoms. The van der Waals surface area contributed by atoms with Gasteiger partial charge in [0.25, 0.3) is 10.0 Å². The van der Waals surface area contributed by atoms with Gasteiger partial charge in [0.2, 0.25) is 11.8 Å². The van der Waals surface area contributed by atoms with E-state index in [2.05, 4.69) is 5.32 Å². The van der Waals surface area contributed by atoms with Gasteiger partial charge in [0, 0.05) is 13.1 Å². The lowest BCUT2D eigenvalue weighted by atomic mass is 10.1. The van der Waals surface area contributed by atoms with E-state index in [0.717, 1.165) is 17.7 Å². The summed E-state index contributed by atoms with van der Waals surface area (Å²) in [4.78, 5) is 27.5. The van der Waals surface area contributed by atoms with Crippen LogP contribution in [-0.4, -0.2) is 44.3 Å². The molecule has 0 radical (unpaired) electrons. The molecular formula is C28H29ClF3N3O4S. The minimum atomic E-state index is -4.80. The van der Waals surface area contributed by atoms with Crippen molar-refractivity contribution in [1.82, 2.24) is 10.2 Å². The summed E-state index contributed by atoms with van der Waals surface area (Å²) < 4.78 is 68.8. The van der Waals surface area contributed by atoms with Gasteiger partial charge < -0.3 is 10.2 Å². The SMILES string of the molecule is CCNC(=O)[C@H](C)N(Cc1cccc(C)c1)C(=O)CN(c1cc(C(F)(F)F)ccc1Cl)S(=O)(=O)c1ccccc1. The lowest BCUT2D eigenvalue weighted by Crippen LogP contribution is -2.51. The second-order valence-corrected chi connectivity index (χ2v) is 11.3. The molecule has 0 aliphatic rings. The van der Waals surface area contributed by atoms with Gasteiger partial charge in [0.1, 0.15) is 12.6 Å². The molecular weight excluding hydrogens is 567 g/mol. The average Bonchev–Trinajstić information content (AvgIpc) is 2.90. The third-order valence-corrected chi connectivity index (χ3v) is 8.20. The smallest absolute Gasteiger partial charge is 0.355 e. The van der Waals surface area contributed by atoms with Crippen LogP contribution < -0.4 is 9.62 Å². The molecule has 3 aromatic carbocycles. The van der Waals surface area contributed by atoms with Crippen LogP contribution in [0.2, 0.25) is 5.02 Å². The standard InChI is InChI=1S/C28H29ClF3N3O4S/c1-4-33-27(37)20(3)34(17-21-10-8-9-19(2)15-21)26(36)18-35(40(38,39)23-11-6-5-7-12-23)25-16-22(28(30,31)32)13-14-24(25)29/h5-16,20H,4,17-18H2,1-3H3,(H,33,37)/t20-/m0/s1. The minimum absolute atomic E-state index is 0.0473. The maximum atomic E-state index is 13.8. The van der Waals surface area contributed by atoms with E-state index in [9.17, 15) is 31.2 Å². The number of nitrogens with zero attached hydrogens (tertiary/aromatic N) is 2. The number of carbonyl (C=O) groups is 2. The second-order valence-electron chi connectivity index (χ2n) is 9.07. The largest absolute Gasteiger partial charge is 0.416 e. The molecule has 0 bridgehead atoms. The maximum absolute atomic E-state index is 13.8. The zero-order valence-electron chi connectivity index (χ0n) is 22.1. The van der Waals surface area contributed by atoms with E-state index in [1.807, 2.05) is 19.1 Å². The molecule has 40 heavy (non-hydrogen) atoms. The van der Waals surface area contributed by atoms with Crippen LogP contribution in [0.1, 0.15) is 30.5 Å². The molecule has 2 amide bonds. The summed E-state index contributed by atoms with van der Waals surface area (Å²) in [5.74, 6) is -1.29. The van der Waals surface area contributed by atoms with E-state index in [1.54, 1.807) is 25.1 Å². The Morgan fingerprint density at radius 1 is 1.00 bits per heavy atom. The third-order valence-electron chi connectivity index (χ3n) is 6.11. The fraction of sp³-hybridized carbons (Fsp3) is 0.286. The summed E-state index contributed by atoms with van der Waals surface area (Å²) in [5.41, 5.74) is -0.0755. The van der Waals surface area contributed by atoms with Gasteiger partial charge in [-0.25, -0.2) is 8.42 Å². The van der Waals surface area contributed by atoms with E-state index < -0.39 is 51.9 Å². The van der Waals surface area contributed by atoms with Crippen molar-refractivity contribution in [2.75, 3.05) is 17.4 Å². The molecule has 0 heterocycles. The Balaban J connectivity index is 2.13. The number of hydrogen-bond acceptors (Lipinski definition) is 4. The van der Waals surface area contributed by atoms with Gasteiger partial charge in [-0.3, -0.25) is 13.9 Å². The van der Waals surface area contributed by atoms with Gasteiger partial charge in [-0.1, -0.05) is 59.6 Å². The van der Waals surface area contributed by atoms with Crippen LogP contribution in [0.25, 0.3) is 0 Å². The number of amides is 2. The molecule has 1 N–H and O–H groups in total. The Morgan fingerprint density at radius 2 is 1.68 bits per heavy atom. The highest BCUT2D eigenvalue weighted by molar-refractivity contribution is 7.92. The number of sulfonamides is 1. The van der Waals surface area contributed by atoms with Crippen LogP contribution in [0.5, 0.6) is 0 Å². The zero-order valence-corrected chi connectivity index (χ0v) is 23.6. The quantitative estimate of drug-likeness (QED) is 0.339. The molecule has 3 rings (SSSR count). The number of rotatable bonds is 10. The van der Waals surface area contributed by atoms with Gasteiger partial charge in [-0.15, -0.1) is 0 Å². The Labute approximate surface area is 236 Å². The summed E-state index contributed by atoms with van der Waals surface area (Å²) in [6, 6.07) is 15.4. The zero-order chi connectivity index (χ0) is 29.7. The van der Waals surface area contributed by atoms with E-state index >= 15 is 0 Å². The van der Waals surface area contributed by atoms with Crippen LogP contribution in [0.3, 0.4) is 0 Å². The predicted octanol–water partition coefficient (Wildman–Crippen LogP) is 5.42. The number of aryl methyl sites for hydroxylation is 1. The molecule has 0 aliphatic carbocycles. The molecule has 0 saturated carbocycles. The van der Waals surface area contributed by atoms with Gasteiger partial charge in [-0.05, 0) is 56.7 Å². The highest BCUT2D eigenvalue weighted by Crippen LogP contribution is 2.37. The molecule has 0 aliphatic heterocycles. The Morgan fingerprint density at radius 3 is 2.27 bits per heavy atom. The molecule has 12 heteroatoms. The van der Waals surface area contributed by atoms with Crippen LogP contribution in [0.4, 0.5) is 18.9 Å². The molecule has 0 aromatic heterocycles. The van der Waals surface area contributed by atoms with E-state index in [4.69, 9.17) is 11.6 Å². The number of hydrogen-bond donors (Lipinski definition) is 1. The van der Waals surface area contributed by atoms with Gasteiger partial charge in [0.05, 0.1) is 21.2 Å². The van der Waals surface area contributed by atoms with Gasteiger partial charge in [0.15, 0.2) is 0 Å². The first-order chi connectivity index (χ1) is 18.8. The van der Waals surface area contributed by atoms with Crippen molar-refractivity contribution in [1.29, 1.82) is 0 Å². The van der Waals surface area contributed by atoms with Crippen molar-refractivity contribution in [3.8, 4) is 0 Å². The highest BCUT2D eigenvalue weighted by Gasteiger charge is 2.36. The second kappa shape index (κ2) is 12.7. The number of nitrogens with one attached hydrogen (secondary N) is 1. The van der Waals surface area contributed by atoms with Crippen molar-refractivity contribution >= 4 is 39.1 Å². The lowest BCUT2D eigenvalue weighted by molar-refractivity contribution is -0.139. The molecule has 0 fully saturated rings. The molecule has 1 atom stereocenters. The first kappa shape index (κ1) is 31.0. The van der Waals surface area contributed by atoms with Crippen LogP contribution in [0, 0.1) is 6.92 Å². The Kier molecular flexibility index (Phi) is 9.86. The minimum Gasteiger partial charge on any atom is -0.355 e. The van der Waals surface area contributed by atoms with Gasteiger partial charge >= 0.3 is 6.18 Å². The first-order valence-corrected chi connectivity index (χ1v) is 14.1. The molecule has 3 aromatic rings. The topological polar surface area (TPSA) is 86.8 Å². The molecule has 7 nitrogen and oxygen atoms in total. The predicted molar refractivity (Wildman–Crippen MR) is 147 cm³/mol. The Bertz CT molecular complexity index is 1470. The summed E-state index contributed by atoms with van der Waals surface area (Å²) in [6.07, 6.45) is -4.80. The summed E-state index contributed by atoms with van der Waals surface area (Å²) in [5, 5.41) is 2.34. The molecule has 214 valence electrons. The monoisotopic (exact) mass is 595 g/mol. The number of alkyl halides is 3. The van der Waals surface area contributed by atoms with Crippen LogP contribution >= 0.6 is 11.6 Å². The molecule has 0 unspecified atom stereocenters. The van der Waals surface area contributed by atoms with E-state index in [1.165, 1.54) is 36.1 Å². The molecule has 0 saturated heterocycles. The Hall–Kier alpha value is -3.57. The van der Waals surface area contributed by atoms with Crippen LogP contribution in [0.15, 0.2) is 77.7 Å². The summed E-state index contributed by atoms with van der Waals surface area (Å²) in [7, 11) is -4.57. The van der Waals surface area contributed by atoms with Crippen molar-refractivity contribution in [3.05, 3.63) is 94.5 Å². The third kappa shape index (κ3) is 7.33. The number of anilines is 1. The van der Waals surface area contributed by atoms with E-state index in [-0.39, 0.29) is 16.5 Å². The van der Waals surface area contributed by atoms with Crippen molar-refractivity contribution in [2.45, 2.75) is 44.4 Å². The van der Waals surface area contributed by atoms with E-state index in [0.29, 0.717) is 22.5 Å². The normalized spacial score (nSPS) is 12.5. The van der Waals surface area contributed by atoms with Crippen LogP contribution in [-0.2, 0) is 32.3 Å².